The SMILES string of the molecule is Cc1cc(C(=O)N2CCc3nc(C(=O)NCc4ccccc4)sc3CC2)no1. The summed E-state index contributed by atoms with van der Waals surface area (Å²) >= 11 is 1.41. The first-order valence-corrected chi connectivity index (χ1v) is 9.95. The van der Waals surface area contributed by atoms with Gasteiger partial charge < -0.3 is 14.7 Å². The highest BCUT2D eigenvalue weighted by atomic mass is 32.1. The first-order valence-electron chi connectivity index (χ1n) is 9.13. The summed E-state index contributed by atoms with van der Waals surface area (Å²) in [5.41, 5.74) is 2.28. The van der Waals surface area contributed by atoms with Gasteiger partial charge in [0, 0.05) is 43.4 Å². The monoisotopic (exact) mass is 396 g/mol. The summed E-state index contributed by atoms with van der Waals surface area (Å²) < 4.78 is 5.00. The Morgan fingerprint density at radius 3 is 2.75 bits per heavy atom. The lowest BCUT2D eigenvalue weighted by molar-refractivity contribution is 0.0752. The molecule has 144 valence electrons. The van der Waals surface area contributed by atoms with Gasteiger partial charge in [-0.05, 0) is 12.5 Å². The fourth-order valence-corrected chi connectivity index (χ4v) is 4.16. The maximum Gasteiger partial charge on any atom is 0.280 e. The Morgan fingerprint density at radius 1 is 1.21 bits per heavy atom. The van der Waals surface area contributed by atoms with Crippen molar-refractivity contribution >= 4 is 23.2 Å². The molecule has 1 N–H and O–H groups in total. The topological polar surface area (TPSA) is 88.3 Å². The van der Waals surface area contributed by atoms with Gasteiger partial charge in [0.25, 0.3) is 11.8 Å². The number of nitrogens with zero attached hydrogens (tertiary/aromatic N) is 3. The van der Waals surface area contributed by atoms with Gasteiger partial charge in [0.2, 0.25) is 0 Å². The molecule has 1 aliphatic heterocycles. The zero-order valence-electron chi connectivity index (χ0n) is 15.5. The van der Waals surface area contributed by atoms with E-state index in [1.54, 1.807) is 17.9 Å². The number of amides is 2. The molecule has 8 heteroatoms. The molecule has 0 atom stereocenters. The third-order valence-electron chi connectivity index (χ3n) is 4.63. The van der Waals surface area contributed by atoms with Crippen LogP contribution in [0, 0.1) is 6.92 Å². The molecule has 0 saturated carbocycles. The smallest absolute Gasteiger partial charge is 0.280 e. The minimum Gasteiger partial charge on any atom is -0.361 e. The van der Waals surface area contributed by atoms with Crippen molar-refractivity contribution in [1.29, 1.82) is 0 Å². The highest BCUT2D eigenvalue weighted by Crippen LogP contribution is 2.24. The summed E-state index contributed by atoms with van der Waals surface area (Å²) in [5, 5.41) is 7.20. The average Bonchev–Trinajstić information content (AvgIpc) is 3.28. The summed E-state index contributed by atoms with van der Waals surface area (Å²) in [4.78, 5) is 32.4. The van der Waals surface area contributed by atoms with Crippen molar-refractivity contribution in [3.8, 4) is 0 Å². The lowest BCUT2D eigenvalue weighted by Gasteiger charge is -2.18. The Kier molecular flexibility index (Phi) is 5.21. The van der Waals surface area contributed by atoms with E-state index >= 15 is 0 Å². The average molecular weight is 396 g/mol. The Balaban J connectivity index is 1.38. The minimum atomic E-state index is -0.159. The predicted molar refractivity (Wildman–Crippen MR) is 104 cm³/mol. The van der Waals surface area contributed by atoms with Crippen molar-refractivity contribution in [2.75, 3.05) is 13.1 Å². The van der Waals surface area contributed by atoms with Crippen LogP contribution in [0.2, 0.25) is 0 Å². The molecular weight excluding hydrogens is 376 g/mol. The number of carbonyl (C=O) groups is 2. The second-order valence-corrected chi connectivity index (χ2v) is 7.76. The molecule has 0 saturated heterocycles. The zero-order chi connectivity index (χ0) is 19.5. The van der Waals surface area contributed by atoms with Crippen LogP contribution in [0.25, 0.3) is 0 Å². The first-order chi connectivity index (χ1) is 13.6. The number of benzene rings is 1. The first kappa shape index (κ1) is 18.4. The highest BCUT2D eigenvalue weighted by Gasteiger charge is 2.25. The van der Waals surface area contributed by atoms with Crippen LogP contribution in [0.4, 0.5) is 0 Å². The Bertz CT molecular complexity index is 971. The van der Waals surface area contributed by atoms with Gasteiger partial charge in [-0.25, -0.2) is 4.98 Å². The molecule has 28 heavy (non-hydrogen) atoms. The number of thiazole rings is 1. The summed E-state index contributed by atoms with van der Waals surface area (Å²) in [6.07, 6.45) is 1.31. The number of aromatic nitrogens is 2. The lowest BCUT2D eigenvalue weighted by Crippen LogP contribution is -2.33. The largest absolute Gasteiger partial charge is 0.361 e. The molecule has 0 aliphatic carbocycles. The summed E-state index contributed by atoms with van der Waals surface area (Å²) in [5.74, 6) is 0.325. The fourth-order valence-electron chi connectivity index (χ4n) is 3.15. The van der Waals surface area contributed by atoms with Crippen LogP contribution in [0.15, 0.2) is 40.9 Å². The third-order valence-corrected chi connectivity index (χ3v) is 5.79. The Labute approximate surface area is 166 Å². The fraction of sp³-hybridized carbons (Fsp3) is 0.300. The maximum absolute atomic E-state index is 12.6. The number of nitrogens with one attached hydrogen (secondary N) is 1. The van der Waals surface area contributed by atoms with Crippen LogP contribution in [0.5, 0.6) is 0 Å². The number of hydrogen-bond acceptors (Lipinski definition) is 6. The molecule has 4 rings (SSSR count). The number of hydrogen-bond donors (Lipinski definition) is 1. The number of aryl methyl sites for hydroxylation is 1. The molecule has 3 aromatic rings. The predicted octanol–water partition coefficient (Wildman–Crippen LogP) is 2.61. The van der Waals surface area contributed by atoms with Gasteiger partial charge in [-0.3, -0.25) is 9.59 Å². The van der Waals surface area contributed by atoms with E-state index in [0.717, 1.165) is 16.1 Å². The van der Waals surface area contributed by atoms with Gasteiger partial charge in [0.15, 0.2) is 10.7 Å². The van der Waals surface area contributed by atoms with E-state index in [2.05, 4.69) is 15.5 Å². The standard InChI is InChI=1S/C20H20N4O3S/c1-13-11-16(23-27-13)20(26)24-9-7-15-17(8-10-24)28-19(22-15)18(25)21-12-14-5-3-2-4-6-14/h2-6,11H,7-10,12H2,1H3,(H,21,25). The molecule has 0 unspecified atom stereocenters. The third kappa shape index (κ3) is 3.96. The van der Waals surface area contributed by atoms with Crippen LogP contribution in [0.3, 0.4) is 0 Å². The van der Waals surface area contributed by atoms with Crippen molar-refractivity contribution in [3.05, 3.63) is 69.0 Å². The maximum atomic E-state index is 12.6. The number of fused-ring (bicyclic) bond motifs is 1. The van der Waals surface area contributed by atoms with Gasteiger partial charge in [-0.1, -0.05) is 35.5 Å². The van der Waals surface area contributed by atoms with Gasteiger partial charge in [0.1, 0.15) is 5.76 Å². The Hall–Kier alpha value is -3.00. The van der Waals surface area contributed by atoms with Crippen LogP contribution in [-0.4, -0.2) is 39.9 Å². The lowest BCUT2D eigenvalue weighted by atomic mass is 10.2. The van der Waals surface area contributed by atoms with E-state index in [-0.39, 0.29) is 11.8 Å². The molecule has 3 heterocycles. The molecule has 2 amide bonds. The summed E-state index contributed by atoms with van der Waals surface area (Å²) in [6, 6.07) is 11.4. The van der Waals surface area contributed by atoms with Crippen LogP contribution in [0.1, 0.15) is 42.2 Å². The highest BCUT2D eigenvalue weighted by molar-refractivity contribution is 7.13. The van der Waals surface area contributed by atoms with E-state index < -0.39 is 0 Å². The molecule has 0 fully saturated rings. The van der Waals surface area contributed by atoms with E-state index in [1.807, 2.05) is 30.3 Å². The molecule has 2 aromatic heterocycles. The molecule has 0 bridgehead atoms. The zero-order valence-corrected chi connectivity index (χ0v) is 16.3. The molecule has 0 spiro atoms. The van der Waals surface area contributed by atoms with Crippen LogP contribution in [-0.2, 0) is 19.4 Å². The van der Waals surface area contributed by atoms with Gasteiger partial charge in [0.05, 0.1) is 5.69 Å². The number of rotatable bonds is 4. The Morgan fingerprint density at radius 2 is 2.00 bits per heavy atom. The quantitative estimate of drug-likeness (QED) is 0.732. The summed E-state index contributed by atoms with van der Waals surface area (Å²) in [7, 11) is 0. The molecule has 1 aliphatic rings. The second-order valence-electron chi connectivity index (χ2n) is 6.67. The van der Waals surface area contributed by atoms with E-state index in [4.69, 9.17) is 4.52 Å². The number of carbonyl (C=O) groups excluding carboxylic acids is 2. The molecule has 0 radical (unpaired) electrons. The van der Waals surface area contributed by atoms with Crippen molar-refractivity contribution in [2.45, 2.75) is 26.3 Å². The second kappa shape index (κ2) is 7.93. The van der Waals surface area contributed by atoms with Crippen molar-refractivity contribution in [3.63, 3.8) is 0 Å². The van der Waals surface area contributed by atoms with Crippen LogP contribution < -0.4 is 5.32 Å². The van der Waals surface area contributed by atoms with Crippen molar-refractivity contribution < 1.29 is 14.1 Å². The van der Waals surface area contributed by atoms with Crippen LogP contribution >= 0.6 is 11.3 Å². The van der Waals surface area contributed by atoms with Gasteiger partial charge in [-0.2, -0.15) is 0 Å². The molecule has 1 aromatic carbocycles. The van der Waals surface area contributed by atoms with Crippen molar-refractivity contribution in [1.82, 2.24) is 20.4 Å². The van der Waals surface area contributed by atoms with Gasteiger partial charge >= 0.3 is 0 Å². The van der Waals surface area contributed by atoms with E-state index in [0.29, 0.717) is 48.9 Å². The van der Waals surface area contributed by atoms with E-state index in [1.165, 1.54) is 11.3 Å². The van der Waals surface area contributed by atoms with E-state index in [9.17, 15) is 9.59 Å². The van der Waals surface area contributed by atoms with Crippen molar-refractivity contribution in [2.24, 2.45) is 0 Å². The molecular formula is C20H20N4O3S. The van der Waals surface area contributed by atoms with Gasteiger partial charge in [-0.15, -0.1) is 11.3 Å². The molecule has 7 nitrogen and oxygen atoms in total. The minimum absolute atomic E-state index is 0.132. The summed E-state index contributed by atoms with van der Waals surface area (Å²) in [6.45, 7) is 3.36. The normalized spacial score (nSPS) is 13.7.